The summed E-state index contributed by atoms with van der Waals surface area (Å²) < 4.78 is 0. The molecule has 1 N–H and O–H groups in total. The molecule has 1 aromatic rings. The lowest BCUT2D eigenvalue weighted by Crippen LogP contribution is -3.00. The maximum Gasteiger partial charge on any atom is 0.406 e. The summed E-state index contributed by atoms with van der Waals surface area (Å²) in [5.74, 6) is -1.31. The Morgan fingerprint density at radius 2 is 2.13 bits per heavy atom. The lowest BCUT2D eigenvalue weighted by molar-refractivity contribution is -0.384. The zero-order valence-corrected chi connectivity index (χ0v) is 7.88. The zero-order valence-electron chi connectivity index (χ0n) is 7.12. The monoisotopic (exact) mass is 229 g/mol. The van der Waals surface area contributed by atoms with Crippen molar-refractivity contribution in [1.29, 1.82) is 5.39 Å². The van der Waals surface area contributed by atoms with Gasteiger partial charge >= 0.3 is 11.7 Å². The number of non-ortho nitro benzene ring substituents is 1. The van der Waals surface area contributed by atoms with Gasteiger partial charge in [0.25, 0.3) is 5.69 Å². The topological polar surface area (TPSA) is 109 Å². The largest absolute Gasteiger partial charge is 1.00 e. The Labute approximate surface area is 89.5 Å². The number of rotatable bonds is 2. The second-order valence-corrected chi connectivity index (χ2v) is 2.36. The fourth-order valence-corrected chi connectivity index (χ4v) is 0.897. The molecule has 0 radical (unpaired) electrons. The average Bonchev–Trinajstić information content (AvgIpc) is 2.16. The number of carboxylic acids is 1. The third kappa shape index (κ3) is 2.62. The van der Waals surface area contributed by atoms with Crippen LogP contribution in [0, 0.1) is 15.5 Å². The van der Waals surface area contributed by atoms with Gasteiger partial charge < -0.3 is 17.5 Å². The van der Waals surface area contributed by atoms with E-state index in [2.05, 4.69) is 4.98 Å². The van der Waals surface area contributed by atoms with Crippen molar-refractivity contribution in [3.05, 3.63) is 38.9 Å². The van der Waals surface area contributed by atoms with Crippen molar-refractivity contribution in [3.63, 3.8) is 0 Å². The van der Waals surface area contributed by atoms with E-state index in [0.717, 1.165) is 18.2 Å². The van der Waals surface area contributed by atoms with Crippen LogP contribution >= 0.6 is 0 Å². The van der Waals surface area contributed by atoms with Crippen LogP contribution in [0.25, 0.3) is 4.98 Å². The van der Waals surface area contributed by atoms with Gasteiger partial charge in [-0.3, -0.25) is 10.1 Å². The summed E-state index contributed by atoms with van der Waals surface area (Å²) in [7, 11) is 0. The van der Waals surface area contributed by atoms with Gasteiger partial charge in [-0.15, -0.1) is 0 Å². The molecule has 0 spiro atoms. The summed E-state index contributed by atoms with van der Waals surface area (Å²) in [6.07, 6.45) is 0. The predicted octanol–water partition coefficient (Wildman–Crippen LogP) is -1.22. The fourth-order valence-electron chi connectivity index (χ4n) is 0.897. The molecule has 7 nitrogen and oxygen atoms in total. The van der Waals surface area contributed by atoms with Crippen molar-refractivity contribution in [2.45, 2.75) is 0 Å². The van der Waals surface area contributed by atoms with Crippen LogP contribution in [0.15, 0.2) is 18.2 Å². The first-order valence-corrected chi connectivity index (χ1v) is 3.43. The van der Waals surface area contributed by atoms with Crippen LogP contribution in [0.4, 0.5) is 11.4 Å². The van der Waals surface area contributed by atoms with Gasteiger partial charge in [0.15, 0.2) is 10.5 Å². The standard InChI is InChI=1S/C7H3N3O4.ClH/c8-9-6-3-4(10(13)14)1-2-5(6)7(11)12;/h1-3H;1H. The van der Waals surface area contributed by atoms with Crippen LogP contribution < -0.4 is 12.4 Å². The number of carbonyl (C=O) groups is 1. The van der Waals surface area contributed by atoms with Crippen molar-refractivity contribution >= 4 is 17.3 Å². The normalized spacial score (nSPS) is 8.47. The molecule has 0 unspecified atom stereocenters. The molecule has 0 saturated heterocycles. The van der Waals surface area contributed by atoms with Crippen LogP contribution in [-0.2, 0) is 0 Å². The van der Waals surface area contributed by atoms with Crippen molar-refractivity contribution in [2.24, 2.45) is 0 Å². The first kappa shape index (κ1) is 12.8. The SMILES string of the molecule is N#[N+]c1cc([N+](=O)[O-])ccc1C(=O)O.[Cl-]. The van der Waals surface area contributed by atoms with E-state index in [1.165, 1.54) is 0 Å². The van der Waals surface area contributed by atoms with E-state index in [4.69, 9.17) is 10.5 Å². The van der Waals surface area contributed by atoms with E-state index in [1.807, 2.05) is 0 Å². The highest BCUT2D eigenvalue weighted by Gasteiger charge is 2.23. The van der Waals surface area contributed by atoms with Crippen molar-refractivity contribution in [3.8, 4) is 0 Å². The molecule has 0 bridgehead atoms. The molecule has 1 rings (SSSR count). The van der Waals surface area contributed by atoms with Crippen molar-refractivity contribution in [2.75, 3.05) is 0 Å². The number of aromatic carboxylic acids is 1. The van der Waals surface area contributed by atoms with E-state index >= 15 is 0 Å². The van der Waals surface area contributed by atoms with Crippen LogP contribution in [0.2, 0.25) is 0 Å². The molecular weight excluding hydrogens is 226 g/mol. The minimum atomic E-state index is -1.31. The maximum absolute atomic E-state index is 10.5. The summed E-state index contributed by atoms with van der Waals surface area (Å²) in [5, 5.41) is 27.3. The molecule has 78 valence electrons. The minimum Gasteiger partial charge on any atom is -1.00 e. The molecule has 0 aromatic heterocycles. The molecule has 0 heterocycles. The Kier molecular flexibility index (Phi) is 4.16. The molecule has 0 atom stereocenters. The molecule has 8 heteroatoms. The third-order valence-electron chi connectivity index (χ3n) is 1.53. The molecule has 0 saturated carbocycles. The van der Waals surface area contributed by atoms with Gasteiger partial charge in [-0.25, -0.2) is 4.79 Å². The number of hydrogen-bond donors (Lipinski definition) is 1. The summed E-state index contributed by atoms with van der Waals surface area (Å²) >= 11 is 0. The smallest absolute Gasteiger partial charge is 0.406 e. The number of nitrogens with zero attached hydrogens (tertiary/aromatic N) is 3. The molecule has 0 fully saturated rings. The summed E-state index contributed by atoms with van der Waals surface area (Å²) in [6.45, 7) is 0. The summed E-state index contributed by atoms with van der Waals surface area (Å²) in [6, 6.07) is 2.91. The Morgan fingerprint density at radius 3 is 2.53 bits per heavy atom. The van der Waals surface area contributed by atoms with E-state index < -0.39 is 10.9 Å². The third-order valence-corrected chi connectivity index (χ3v) is 1.53. The summed E-state index contributed by atoms with van der Waals surface area (Å²) in [5.41, 5.74) is -0.965. The summed E-state index contributed by atoms with van der Waals surface area (Å²) in [4.78, 5) is 22.7. The Morgan fingerprint density at radius 1 is 1.53 bits per heavy atom. The number of benzene rings is 1. The van der Waals surface area contributed by atoms with Gasteiger partial charge in [0.1, 0.15) is 6.07 Å². The first-order valence-electron chi connectivity index (χ1n) is 3.43. The maximum atomic E-state index is 10.5. The Balaban J connectivity index is 0.00000196. The van der Waals surface area contributed by atoms with Gasteiger partial charge in [0.2, 0.25) is 5.39 Å². The molecule has 1 aromatic carbocycles. The number of diazo groups is 1. The molecular formula is C7H4ClN3O4. The number of nitro benzene ring substituents is 1. The average molecular weight is 230 g/mol. The van der Waals surface area contributed by atoms with Crippen LogP contribution in [0.5, 0.6) is 0 Å². The molecule has 0 aliphatic carbocycles. The Bertz CT molecular complexity index is 454. The van der Waals surface area contributed by atoms with Crippen LogP contribution in [-0.4, -0.2) is 16.0 Å². The fraction of sp³-hybridized carbons (Fsp3) is 0. The van der Waals surface area contributed by atoms with Gasteiger partial charge in [0, 0.05) is 6.07 Å². The van der Waals surface area contributed by atoms with E-state index in [9.17, 15) is 14.9 Å². The number of halogens is 1. The molecule has 0 aliphatic heterocycles. The second-order valence-electron chi connectivity index (χ2n) is 2.36. The molecule has 15 heavy (non-hydrogen) atoms. The highest BCUT2D eigenvalue weighted by atomic mass is 35.5. The van der Waals surface area contributed by atoms with Gasteiger partial charge in [-0.2, -0.15) is 0 Å². The van der Waals surface area contributed by atoms with Gasteiger partial charge in [0.05, 0.1) is 4.92 Å². The lowest BCUT2D eigenvalue weighted by Gasteiger charge is -1.90. The highest BCUT2D eigenvalue weighted by Crippen LogP contribution is 2.24. The first-order chi connectivity index (χ1) is 6.56. The van der Waals surface area contributed by atoms with Crippen molar-refractivity contribution < 1.29 is 27.2 Å². The number of carboxylic acid groups (broad SMARTS) is 1. The lowest BCUT2D eigenvalue weighted by atomic mass is 10.1. The number of hydrogen-bond acceptors (Lipinski definition) is 4. The van der Waals surface area contributed by atoms with Crippen LogP contribution in [0.1, 0.15) is 10.4 Å². The number of nitro groups is 1. The van der Waals surface area contributed by atoms with Crippen molar-refractivity contribution in [1.82, 2.24) is 0 Å². The predicted molar refractivity (Wildman–Crippen MR) is 44.8 cm³/mol. The van der Waals surface area contributed by atoms with Crippen LogP contribution in [0.3, 0.4) is 0 Å². The quantitative estimate of drug-likeness (QED) is 0.388. The van der Waals surface area contributed by atoms with E-state index in [1.54, 1.807) is 0 Å². The highest BCUT2D eigenvalue weighted by molar-refractivity contribution is 5.94. The van der Waals surface area contributed by atoms with E-state index in [-0.39, 0.29) is 29.3 Å². The molecule has 0 aliphatic rings. The zero-order chi connectivity index (χ0) is 10.7. The second kappa shape index (κ2) is 4.88. The van der Waals surface area contributed by atoms with E-state index in [0.29, 0.717) is 0 Å². The minimum absolute atomic E-state index is 0. The van der Waals surface area contributed by atoms with Gasteiger partial charge in [-0.05, 0) is 6.07 Å². The van der Waals surface area contributed by atoms with Gasteiger partial charge in [-0.1, -0.05) is 0 Å². The Hall–Kier alpha value is -2.20. The molecule has 0 amide bonds.